The van der Waals surface area contributed by atoms with E-state index in [4.69, 9.17) is 4.74 Å². The Hall–Kier alpha value is -3.62. The van der Waals surface area contributed by atoms with Crippen LogP contribution < -0.4 is 15.4 Å². The molecule has 1 heterocycles. The number of halogens is 1. The van der Waals surface area contributed by atoms with Crippen LogP contribution in [0.15, 0.2) is 48.5 Å². The monoisotopic (exact) mass is 399 g/mol. The first-order chi connectivity index (χ1) is 13.8. The Morgan fingerprint density at radius 3 is 2.52 bits per heavy atom. The number of nitro benzene ring substituents is 1. The molecule has 0 radical (unpaired) electrons. The molecular weight excluding hydrogens is 377 g/mol. The summed E-state index contributed by atoms with van der Waals surface area (Å²) in [6.07, 6.45) is -0.0408. The molecule has 0 bridgehead atoms. The molecule has 0 fully saturated rings. The molecule has 9 heteroatoms. The van der Waals surface area contributed by atoms with Crippen molar-refractivity contribution in [2.75, 3.05) is 10.6 Å². The summed E-state index contributed by atoms with van der Waals surface area (Å²) in [6.45, 7) is 5.68. The minimum absolute atomic E-state index is 0.0408. The lowest BCUT2D eigenvalue weighted by molar-refractivity contribution is -0.383. The lowest BCUT2D eigenvalue weighted by atomic mass is 10.1. The van der Waals surface area contributed by atoms with Gasteiger partial charge in [-0.25, -0.2) is 4.39 Å². The summed E-state index contributed by atoms with van der Waals surface area (Å²) in [5.41, 5.74) is 1.79. The largest absolute Gasteiger partial charge is 0.474 e. The Kier molecular flexibility index (Phi) is 5.96. The standard InChI is InChI=1S/C20H22FN5O3/c1-12(2)29-20-11-19(24-25-20)23-17-10-16(8-9-18(17)26(27)28)22-13(3)14-4-6-15(21)7-5-14/h4-13,22H,1-3H3,(H2,23,24,25)/t13-/m0/s1. The first kappa shape index (κ1) is 20.1. The number of H-pyrrole nitrogens is 1. The fraction of sp³-hybridized carbons (Fsp3) is 0.250. The van der Waals surface area contributed by atoms with Crippen LogP contribution >= 0.6 is 0 Å². The van der Waals surface area contributed by atoms with E-state index in [1.807, 2.05) is 20.8 Å². The minimum atomic E-state index is -0.461. The lowest BCUT2D eigenvalue weighted by Crippen LogP contribution is -2.07. The number of aromatic amines is 1. The molecule has 1 atom stereocenters. The number of benzene rings is 2. The second kappa shape index (κ2) is 8.59. The smallest absolute Gasteiger partial charge is 0.292 e. The van der Waals surface area contributed by atoms with Gasteiger partial charge in [-0.3, -0.25) is 15.2 Å². The van der Waals surface area contributed by atoms with Crippen molar-refractivity contribution in [3.63, 3.8) is 0 Å². The fourth-order valence-electron chi connectivity index (χ4n) is 2.78. The van der Waals surface area contributed by atoms with Crippen LogP contribution in [0, 0.1) is 15.9 Å². The summed E-state index contributed by atoms with van der Waals surface area (Å²) in [7, 11) is 0. The van der Waals surface area contributed by atoms with E-state index >= 15 is 0 Å². The van der Waals surface area contributed by atoms with Crippen molar-refractivity contribution >= 4 is 22.9 Å². The number of hydrogen-bond donors (Lipinski definition) is 3. The minimum Gasteiger partial charge on any atom is -0.474 e. The first-order valence-electron chi connectivity index (χ1n) is 9.11. The number of ether oxygens (including phenoxy) is 1. The number of nitro groups is 1. The Balaban J connectivity index is 1.81. The first-order valence-corrected chi connectivity index (χ1v) is 9.11. The van der Waals surface area contributed by atoms with Crippen molar-refractivity contribution in [2.24, 2.45) is 0 Å². The van der Waals surface area contributed by atoms with Gasteiger partial charge in [-0.15, -0.1) is 5.10 Å². The molecule has 3 rings (SSSR count). The second-order valence-electron chi connectivity index (χ2n) is 6.82. The van der Waals surface area contributed by atoms with Crippen LogP contribution in [-0.2, 0) is 0 Å². The summed E-state index contributed by atoms with van der Waals surface area (Å²) in [6, 6.07) is 12.4. The van der Waals surface area contributed by atoms with Gasteiger partial charge in [0.15, 0.2) is 0 Å². The number of rotatable bonds is 8. The van der Waals surface area contributed by atoms with Crippen molar-refractivity contribution in [1.82, 2.24) is 10.2 Å². The summed E-state index contributed by atoms with van der Waals surface area (Å²) >= 11 is 0. The highest BCUT2D eigenvalue weighted by Crippen LogP contribution is 2.32. The molecule has 1 aromatic heterocycles. The third-order valence-electron chi connectivity index (χ3n) is 4.13. The molecule has 0 amide bonds. The maximum atomic E-state index is 13.1. The molecule has 3 aromatic rings. The highest BCUT2D eigenvalue weighted by Gasteiger charge is 2.17. The van der Waals surface area contributed by atoms with Gasteiger partial charge in [0.05, 0.1) is 11.0 Å². The zero-order valence-corrected chi connectivity index (χ0v) is 16.3. The molecular formula is C20H22FN5O3. The van der Waals surface area contributed by atoms with Crippen LogP contribution in [-0.4, -0.2) is 21.2 Å². The molecule has 8 nitrogen and oxygen atoms in total. The van der Waals surface area contributed by atoms with Gasteiger partial charge < -0.3 is 15.4 Å². The number of nitrogens with zero attached hydrogens (tertiary/aromatic N) is 2. The molecule has 0 saturated carbocycles. The summed E-state index contributed by atoms with van der Waals surface area (Å²) in [5, 5.41) is 24.4. The number of hydrogen-bond acceptors (Lipinski definition) is 6. The summed E-state index contributed by atoms with van der Waals surface area (Å²) < 4.78 is 18.6. The van der Waals surface area contributed by atoms with Gasteiger partial charge in [-0.2, -0.15) is 0 Å². The van der Waals surface area contributed by atoms with E-state index in [2.05, 4.69) is 20.8 Å². The Morgan fingerprint density at radius 1 is 1.14 bits per heavy atom. The van der Waals surface area contributed by atoms with Gasteiger partial charge in [-0.05, 0) is 50.6 Å². The molecule has 0 aliphatic heterocycles. The maximum Gasteiger partial charge on any atom is 0.292 e. The molecule has 0 aliphatic rings. The second-order valence-corrected chi connectivity index (χ2v) is 6.82. The summed E-state index contributed by atoms with van der Waals surface area (Å²) in [4.78, 5) is 10.9. The SMILES string of the molecule is CC(C)Oc1cc(Nc2cc(N[C@@H](C)c3ccc(F)cc3)ccc2[N+](=O)[O-])[nH]n1. The maximum absolute atomic E-state index is 13.1. The molecule has 0 unspecified atom stereocenters. The van der Waals surface area contributed by atoms with E-state index in [0.29, 0.717) is 23.1 Å². The zero-order valence-electron chi connectivity index (χ0n) is 16.3. The topological polar surface area (TPSA) is 105 Å². The van der Waals surface area contributed by atoms with Crippen molar-refractivity contribution in [2.45, 2.75) is 32.9 Å². The molecule has 29 heavy (non-hydrogen) atoms. The highest BCUT2D eigenvalue weighted by atomic mass is 19.1. The molecule has 2 aromatic carbocycles. The van der Waals surface area contributed by atoms with Crippen molar-refractivity contribution in [3.05, 3.63) is 70.0 Å². The van der Waals surface area contributed by atoms with Gasteiger partial charge >= 0.3 is 0 Å². The van der Waals surface area contributed by atoms with Gasteiger partial charge in [0.1, 0.15) is 17.3 Å². The Labute approximate surface area is 167 Å². The van der Waals surface area contributed by atoms with Crippen LogP contribution in [0.4, 0.5) is 27.3 Å². The van der Waals surface area contributed by atoms with E-state index in [1.54, 1.807) is 30.3 Å². The predicted molar refractivity (Wildman–Crippen MR) is 109 cm³/mol. The van der Waals surface area contributed by atoms with Gasteiger partial charge in [-0.1, -0.05) is 12.1 Å². The van der Waals surface area contributed by atoms with E-state index in [0.717, 1.165) is 5.56 Å². The summed E-state index contributed by atoms with van der Waals surface area (Å²) in [5.74, 6) is 0.556. The van der Waals surface area contributed by atoms with Crippen LogP contribution in [0.5, 0.6) is 5.88 Å². The van der Waals surface area contributed by atoms with Crippen LogP contribution in [0.25, 0.3) is 0 Å². The van der Waals surface area contributed by atoms with Gasteiger partial charge in [0.2, 0.25) is 5.88 Å². The van der Waals surface area contributed by atoms with Crippen LogP contribution in [0.2, 0.25) is 0 Å². The number of nitrogens with one attached hydrogen (secondary N) is 3. The third-order valence-corrected chi connectivity index (χ3v) is 4.13. The van der Waals surface area contributed by atoms with E-state index in [-0.39, 0.29) is 23.7 Å². The molecule has 152 valence electrons. The zero-order chi connectivity index (χ0) is 21.0. The fourth-order valence-corrected chi connectivity index (χ4v) is 2.78. The lowest BCUT2D eigenvalue weighted by Gasteiger charge is -2.16. The van der Waals surface area contributed by atoms with Crippen molar-refractivity contribution < 1.29 is 14.1 Å². The van der Waals surface area contributed by atoms with E-state index < -0.39 is 4.92 Å². The molecule has 3 N–H and O–H groups in total. The quantitative estimate of drug-likeness (QED) is 0.357. The van der Waals surface area contributed by atoms with Crippen molar-refractivity contribution in [1.29, 1.82) is 0 Å². The normalized spacial score (nSPS) is 11.9. The van der Waals surface area contributed by atoms with E-state index in [1.165, 1.54) is 18.2 Å². The van der Waals surface area contributed by atoms with Gasteiger partial charge in [0, 0.05) is 23.9 Å². The van der Waals surface area contributed by atoms with Gasteiger partial charge in [0.25, 0.3) is 5.69 Å². The average Bonchev–Trinajstić information content (AvgIpc) is 3.08. The average molecular weight is 399 g/mol. The third kappa shape index (κ3) is 5.22. The number of anilines is 3. The van der Waals surface area contributed by atoms with Crippen molar-refractivity contribution in [3.8, 4) is 5.88 Å². The van der Waals surface area contributed by atoms with E-state index in [9.17, 15) is 14.5 Å². The molecule has 0 saturated heterocycles. The molecule has 0 spiro atoms. The highest BCUT2D eigenvalue weighted by molar-refractivity contribution is 5.73. The number of aromatic nitrogens is 2. The Morgan fingerprint density at radius 2 is 1.86 bits per heavy atom. The predicted octanol–water partition coefficient (Wildman–Crippen LogP) is 5.16. The molecule has 0 aliphatic carbocycles. The van der Waals surface area contributed by atoms with Crippen LogP contribution in [0.3, 0.4) is 0 Å². The Bertz CT molecular complexity index is 988. The van der Waals surface area contributed by atoms with Crippen LogP contribution in [0.1, 0.15) is 32.4 Å².